The van der Waals surface area contributed by atoms with Gasteiger partial charge < -0.3 is 14.8 Å². The fraction of sp³-hybridized carbons (Fsp3) is 0.444. The average Bonchev–Trinajstić information content (AvgIpc) is 2.64. The predicted octanol–water partition coefficient (Wildman–Crippen LogP) is -0.861. The lowest BCUT2D eigenvalue weighted by Crippen LogP contribution is -2.41. The third-order valence-corrected chi connectivity index (χ3v) is 3.59. The number of rotatable bonds is 6. The summed E-state index contributed by atoms with van der Waals surface area (Å²) in [5.41, 5.74) is 0. The van der Waals surface area contributed by atoms with Gasteiger partial charge in [-0.15, -0.1) is 0 Å². The van der Waals surface area contributed by atoms with Crippen LogP contribution in [0.25, 0.3) is 0 Å². The summed E-state index contributed by atoms with van der Waals surface area (Å²) in [6, 6.07) is 0.0328. The van der Waals surface area contributed by atoms with E-state index < -0.39 is 28.6 Å². The van der Waals surface area contributed by atoms with Crippen molar-refractivity contribution in [2.45, 2.75) is 17.4 Å². The molecular formula is C9H14N2O5S. The van der Waals surface area contributed by atoms with Crippen LogP contribution in [-0.2, 0) is 21.9 Å². The van der Waals surface area contributed by atoms with Crippen LogP contribution in [-0.4, -0.2) is 41.8 Å². The normalized spacial score (nSPS) is 13.5. The monoisotopic (exact) mass is 262 g/mol. The smallest absolute Gasteiger partial charge is 0.321 e. The maximum absolute atomic E-state index is 11.8. The minimum absolute atomic E-state index is 0.0100. The zero-order valence-corrected chi connectivity index (χ0v) is 10.0. The summed E-state index contributed by atoms with van der Waals surface area (Å²) >= 11 is 0. The van der Waals surface area contributed by atoms with Crippen molar-refractivity contribution >= 4 is 16.0 Å². The van der Waals surface area contributed by atoms with E-state index in [2.05, 4.69) is 0 Å². The van der Waals surface area contributed by atoms with Gasteiger partial charge in [-0.05, 0) is 12.5 Å². The number of aliphatic hydroxyl groups excluding tert-OH is 1. The SMILES string of the molecule is Cn1ccc(S(=O)(=O)N[C@H](CCO)C(=O)O)c1. The van der Waals surface area contributed by atoms with Crippen LogP contribution in [0.2, 0.25) is 0 Å². The fourth-order valence-electron chi connectivity index (χ4n) is 1.25. The van der Waals surface area contributed by atoms with Gasteiger partial charge in [0.15, 0.2) is 0 Å². The molecule has 1 rings (SSSR count). The number of hydrogen-bond donors (Lipinski definition) is 3. The van der Waals surface area contributed by atoms with Crippen LogP contribution in [0.15, 0.2) is 23.4 Å². The van der Waals surface area contributed by atoms with E-state index in [1.807, 2.05) is 4.72 Å². The number of sulfonamides is 1. The number of nitrogens with zero attached hydrogens (tertiary/aromatic N) is 1. The number of nitrogens with one attached hydrogen (secondary N) is 1. The van der Waals surface area contributed by atoms with Crippen molar-refractivity contribution < 1.29 is 23.4 Å². The molecule has 0 aliphatic rings. The molecule has 1 aromatic heterocycles. The lowest BCUT2D eigenvalue weighted by molar-refractivity contribution is -0.139. The Morgan fingerprint density at radius 3 is 2.65 bits per heavy atom. The van der Waals surface area contributed by atoms with Crippen molar-refractivity contribution in [1.29, 1.82) is 0 Å². The summed E-state index contributed by atoms with van der Waals surface area (Å²) < 4.78 is 27.1. The third kappa shape index (κ3) is 3.55. The minimum atomic E-state index is -3.87. The van der Waals surface area contributed by atoms with Crippen molar-refractivity contribution in [3.63, 3.8) is 0 Å². The summed E-state index contributed by atoms with van der Waals surface area (Å²) in [6.07, 6.45) is 2.72. The standard InChI is InChI=1S/C9H14N2O5S/c1-11-4-2-7(6-11)17(15,16)10-8(3-5-12)9(13)14/h2,4,6,8,10,12H,3,5H2,1H3,(H,13,14)/t8-/m1/s1. The Hall–Kier alpha value is -1.38. The molecule has 0 aliphatic heterocycles. The van der Waals surface area contributed by atoms with Gasteiger partial charge in [0.25, 0.3) is 0 Å². The quantitative estimate of drug-likeness (QED) is 0.618. The van der Waals surface area contributed by atoms with Crippen LogP contribution in [0.5, 0.6) is 0 Å². The summed E-state index contributed by atoms with van der Waals surface area (Å²) in [5.74, 6) is -1.32. The van der Waals surface area contributed by atoms with E-state index in [-0.39, 0.29) is 11.3 Å². The summed E-state index contributed by atoms with van der Waals surface area (Å²) in [7, 11) is -2.21. The van der Waals surface area contributed by atoms with Gasteiger partial charge in [-0.2, -0.15) is 4.72 Å². The van der Waals surface area contributed by atoms with Gasteiger partial charge in [-0.25, -0.2) is 8.42 Å². The van der Waals surface area contributed by atoms with Gasteiger partial charge >= 0.3 is 5.97 Å². The first-order valence-electron chi connectivity index (χ1n) is 4.85. The maximum Gasteiger partial charge on any atom is 0.321 e. The van der Waals surface area contributed by atoms with Crippen LogP contribution < -0.4 is 4.72 Å². The molecule has 1 aromatic rings. The molecule has 0 spiro atoms. The van der Waals surface area contributed by atoms with E-state index >= 15 is 0 Å². The van der Waals surface area contributed by atoms with E-state index in [0.717, 1.165) is 0 Å². The number of aromatic nitrogens is 1. The average molecular weight is 262 g/mol. The number of carboxylic acids is 1. The number of carboxylic acid groups (broad SMARTS) is 1. The number of hydrogen-bond acceptors (Lipinski definition) is 4. The Kier molecular flexibility index (Phi) is 4.27. The Morgan fingerprint density at radius 1 is 1.59 bits per heavy atom. The van der Waals surface area contributed by atoms with Crippen molar-refractivity contribution in [3.05, 3.63) is 18.5 Å². The van der Waals surface area contributed by atoms with Gasteiger partial charge in [-0.1, -0.05) is 0 Å². The van der Waals surface area contributed by atoms with Crippen LogP contribution in [0, 0.1) is 0 Å². The van der Waals surface area contributed by atoms with Crippen molar-refractivity contribution in [3.8, 4) is 0 Å². The first kappa shape index (κ1) is 13.7. The van der Waals surface area contributed by atoms with Crippen LogP contribution in [0.3, 0.4) is 0 Å². The highest BCUT2D eigenvalue weighted by Crippen LogP contribution is 2.09. The largest absolute Gasteiger partial charge is 0.480 e. The third-order valence-electron chi connectivity index (χ3n) is 2.13. The lowest BCUT2D eigenvalue weighted by Gasteiger charge is -2.12. The summed E-state index contributed by atoms with van der Waals surface area (Å²) in [5, 5.41) is 17.4. The molecule has 1 heterocycles. The molecule has 96 valence electrons. The maximum atomic E-state index is 11.8. The molecule has 1 atom stereocenters. The molecule has 7 nitrogen and oxygen atoms in total. The summed E-state index contributed by atoms with van der Waals surface area (Å²) in [4.78, 5) is 10.8. The minimum Gasteiger partial charge on any atom is -0.480 e. The first-order valence-corrected chi connectivity index (χ1v) is 6.33. The highest BCUT2D eigenvalue weighted by molar-refractivity contribution is 7.89. The number of aliphatic carboxylic acids is 1. The van der Waals surface area contributed by atoms with Gasteiger partial charge in [0.2, 0.25) is 10.0 Å². The van der Waals surface area contributed by atoms with Crippen molar-refractivity contribution in [2.75, 3.05) is 6.61 Å². The van der Waals surface area contributed by atoms with E-state index in [1.165, 1.54) is 23.0 Å². The number of aryl methyl sites for hydroxylation is 1. The summed E-state index contributed by atoms with van der Waals surface area (Å²) in [6.45, 7) is -0.408. The molecule has 3 N–H and O–H groups in total. The molecule has 17 heavy (non-hydrogen) atoms. The second-order valence-electron chi connectivity index (χ2n) is 3.54. The molecule has 0 bridgehead atoms. The van der Waals surface area contributed by atoms with Crippen LogP contribution in [0.4, 0.5) is 0 Å². The van der Waals surface area contributed by atoms with E-state index in [1.54, 1.807) is 7.05 Å². The topological polar surface area (TPSA) is 109 Å². The van der Waals surface area contributed by atoms with E-state index in [4.69, 9.17) is 10.2 Å². The highest BCUT2D eigenvalue weighted by atomic mass is 32.2. The lowest BCUT2D eigenvalue weighted by atomic mass is 10.2. The molecule has 8 heteroatoms. The molecule has 0 aromatic carbocycles. The zero-order chi connectivity index (χ0) is 13.1. The Bertz CT molecular complexity index is 493. The Labute approximate surface area is 98.7 Å². The first-order chi connectivity index (χ1) is 7.86. The predicted molar refractivity (Wildman–Crippen MR) is 58.9 cm³/mol. The number of carbonyl (C=O) groups is 1. The Balaban J connectivity index is 2.88. The van der Waals surface area contributed by atoms with Crippen molar-refractivity contribution in [1.82, 2.24) is 9.29 Å². The molecular weight excluding hydrogens is 248 g/mol. The highest BCUT2D eigenvalue weighted by Gasteiger charge is 2.25. The molecule has 0 aliphatic carbocycles. The molecule has 0 fully saturated rings. The molecule has 0 amide bonds. The molecule has 0 unspecified atom stereocenters. The van der Waals surface area contributed by atoms with Gasteiger partial charge in [-0.3, -0.25) is 4.79 Å². The van der Waals surface area contributed by atoms with Crippen LogP contribution >= 0.6 is 0 Å². The molecule has 0 saturated heterocycles. The van der Waals surface area contributed by atoms with Gasteiger partial charge in [0.1, 0.15) is 6.04 Å². The van der Waals surface area contributed by atoms with E-state index in [0.29, 0.717) is 0 Å². The van der Waals surface area contributed by atoms with E-state index in [9.17, 15) is 13.2 Å². The van der Waals surface area contributed by atoms with Gasteiger partial charge in [0.05, 0.1) is 4.90 Å². The van der Waals surface area contributed by atoms with Gasteiger partial charge in [0, 0.05) is 26.0 Å². The fourth-order valence-corrected chi connectivity index (χ4v) is 2.53. The zero-order valence-electron chi connectivity index (χ0n) is 9.20. The molecule has 0 radical (unpaired) electrons. The van der Waals surface area contributed by atoms with Crippen LogP contribution in [0.1, 0.15) is 6.42 Å². The van der Waals surface area contributed by atoms with Crippen molar-refractivity contribution in [2.24, 2.45) is 7.05 Å². The second kappa shape index (κ2) is 5.30. The number of aliphatic hydroxyl groups is 1. The second-order valence-corrected chi connectivity index (χ2v) is 5.25. The Morgan fingerprint density at radius 2 is 2.24 bits per heavy atom. The molecule has 0 saturated carbocycles.